The van der Waals surface area contributed by atoms with Gasteiger partial charge in [0.15, 0.2) is 0 Å². The third-order valence-corrected chi connectivity index (χ3v) is 2.79. The van der Waals surface area contributed by atoms with Crippen molar-refractivity contribution >= 4 is 0 Å². The molecule has 0 aliphatic carbocycles. The fourth-order valence-electron chi connectivity index (χ4n) is 1.70. The molecule has 3 nitrogen and oxygen atoms in total. The first-order chi connectivity index (χ1) is 7.60. The molecule has 0 fully saturated rings. The third-order valence-electron chi connectivity index (χ3n) is 2.79. The lowest BCUT2D eigenvalue weighted by molar-refractivity contribution is 0.184. The Morgan fingerprint density at radius 3 is 2.31 bits per heavy atom. The molecule has 3 heteroatoms. The van der Waals surface area contributed by atoms with Crippen molar-refractivity contribution in [1.82, 2.24) is 0 Å². The lowest BCUT2D eigenvalue weighted by Crippen LogP contribution is -2.33. The summed E-state index contributed by atoms with van der Waals surface area (Å²) in [6, 6.07) is 7.92. The van der Waals surface area contributed by atoms with Crippen molar-refractivity contribution < 1.29 is 9.47 Å². The molecule has 1 rings (SSSR count). The fraction of sp³-hybridized carbons (Fsp3) is 0.538. The average Bonchev–Trinajstić information content (AvgIpc) is 2.29. The summed E-state index contributed by atoms with van der Waals surface area (Å²) in [4.78, 5) is 0. The second-order valence-corrected chi connectivity index (χ2v) is 4.24. The minimum atomic E-state index is -0.301. The largest absolute Gasteiger partial charge is 0.497 e. The third kappa shape index (κ3) is 3.51. The maximum atomic E-state index is 6.27. The zero-order valence-corrected chi connectivity index (χ0v) is 10.3. The second-order valence-electron chi connectivity index (χ2n) is 4.24. The van der Waals surface area contributed by atoms with E-state index in [0.29, 0.717) is 0 Å². The van der Waals surface area contributed by atoms with Crippen molar-refractivity contribution in [1.29, 1.82) is 0 Å². The van der Waals surface area contributed by atoms with Crippen LogP contribution in [0.25, 0.3) is 0 Å². The van der Waals surface area contributed by atoms with Crippen LogP contribution in [-0.4, -0.2) is 20.8 Å². The summed E-state index contributed by atoms with van der Waals surface area (Å²) in [6.07, 6.45) is 1.88. The van der Waals surface area contributed by atoms with Gasteiger partial charge in [0.25, 0.3) is 0 Å². The number of hydrogen-bond donors (Lipinski definition) is 1. The van der Waals surface area contributed by atoms with Crippen LogP contribution >= 0.6 is 0 Å². The quantitative estimate of drug-likeness (QED) is 0.753. The van der Waals surface area contributed by atoms with Gasteiger partial charge in [-0.3, -0.25) is 0 Å². The first-order valence-electron chi connectivity index (χ1n) is 5.52. The lowest BCUT2D eigenvalue weighted by Gasteiger charge is -2.25. The van der Waals surface area contributed by atoms with Crippen molar-refractivity contribution in [2.45, 2.75) is 25.3 Å². The molecule has 90 valence electrons. The molecule has 0 saturated heterocycles. The number of nitrogens with two attached hydrogens (primary N) is 1. The summed E-state index contributed by atoms with van der Waals surface area (Å²) in [5, 5.41) is 0. The molecular formula is C13H21NO2. The molecular weight excluding hydrogens is 202 g/mol. The molecule has 0 aliphatic rings. The van der Waals surface area contributed by atoms with Gasteiger partial charge in [-0.2, -0.15) is 0 Å². The Balaban J connectivity index is 2.65. The summed E-state index contributed by atoms with van der Waals surface area (Å²) < 4.78 is 10.2. The van der Waals surface area contributed by atoms with Gasteiger partial charge in [0.1, 0.15) is 5.75 Å². The predicted molar refractivity (Wildman–Crippen MR) is 65.6 cm³/mol. The van der Waals surface area contributed by atoms with E-state index in [1.165, 1.54) is 0 Å². The van der Waals surface area contributed by atoms with E-state index >= 15 is 0 Å². The molecule has 1 aromatic rings. The van der Waals surface area contributed by atoms with Gasteiger partial charge in [0.2, 0.25) is 0 Å². The van der Waals surface area contributed by atoms with Crippen LogP contribution in [0.3, 0.4) is 0 Å². The molecule has 1 unspecified atom stereocenters. The standard InChI is InChI=1S/C13H21NO2/c1-13(14,9-4-10-15-2)11-5-7-12(16-3)8-6-11/h5-8H,4,9-10,14H2,1-3H3. The minimum absolute atomic E-state index is 0.301. The van der Waals surface area contributed by atoms with Crippen LogP contribution < -0.4 is 10.5 Å². The van der Waals surface area contributed by atoms with Gasteiger partial charge in [0.05, 0.1) is 7.11 Å². The minimum Gasteiger partial charge on any atom is -0.497 e. The van der Waals surface area contributed by atoms with Gasteiger partial charge in [-0.1, -0.05) is 12.1 Å². The summed E-state index contributed by atoms with van der Waals surface area (Å²) >= 11 is 0. The van der Waals surface area contributed by atoms with Crippen molar-refractivity contribution in [3.63, 3.8) is 0 Å². The topological polar surface area (TPSA) is 44.5 Å². The highest BCUT2D eigenvalue weighted by Gasteiger charge is 2.20. The first kappa shape index (κ1) is 13.0. The van der Waals surface area contributed by atoms with Crippen LogP contribution in [0.2, 0.25) is 0 Å². The zero-order chi connectivity index (χ0) is 12.0. The molecule has 0 heterocycles. The van der Waals surface area contributed by atoms with E-state index < -0.39 is 0 Å². The van der Waals surface area contributed by atoms with Gasteiger partial charge in [-0.25, -0.2) is 0 Å². The van der Waals surface area contributed by atoms with E-state index in [1.807, 2.05) is 31.2 Å². The number of rotatable bonds is 6. The zero-order valence-electron chi connectivity index (χ0n) is 10.3. The van der Waals surface area contributed by atoms with Crippen molar-refractivity contribution in [3.8, 4) is 5.75 Å². The van der Waals surface area contributed by atoms with E-state index in [4.69, 9.17) is 15.2 Å². The van der Waals surface area contributed by atoms with Gasteiger partial charge in [-0.05, 0) is 37.5 Å². The van der Waals surface area contributed by atoms with Gasteiger partial charge in [-0.15, -0.1) is 0 Å². The highest BCUT2D eigenvalue weighted by atomic mass is 16.5. The van der Waals surface area contributed by atoms with Crippen LogP contribution in [0.5, 0.6) is 5.75 Å². The highest BCUT2D eigenvalue weighted by Crippen LogP contribution is 2.25. The number of ether oxygens (including phenoxy) is 2. The second kappa shape index (κ2) is 5.87. The molecule has 0 saturated carbocycles. The van der Waals surface area contributed by atoms with E-state index in [1.54, 1.807) is 14.2 Å². The normalized spacial score (nSPS) is 14.5. The number of methoxy groups -OCH3 is 2. The molecule has 0 aliphatic heterocycles. The van der Waals surface area contributed by atoms with Gasteiger partial charge < -0.3 is 15.2 Å². The molecule has 0 amide bonds. The van der Waals surface area contributed by atoms with Crippen LogP contribution in [0.15, 0.2) is 24.3 Å². The smallest absolute Gasteiger partial charge is 0.118 e. The lowest BCUT2D eigenvalue weighted by atomic mass is 9.88. The maximum Gasteiger partial charge on any atom is 0.118 e. The molecule has 2 N–H and O–H groups in total. The summed E-state index contributed by atoms with van der Waals surface area (Å²) in [6.45, 7) is 2.80. The van der Waals surface area contributed by atoms with Gasteiger partial charge in [0, 0.05) is 19.3 Å². The maximum absolute atomic E-state index is 6.27. The van der Waals surface area contributed by atoms with E-state index in [0.717, 1.165) is 30.8 Å². The average molecular weight is 223 g/mol. The van der Waals surface area contributed by atoms with Crippen molar-refractivity contribution in [2.75, 3.05) is 20.8 Å². The molecule has 1 aromatic carbocycles. The first-order valence-corrected chi connectivity index (χ1v) is 5.52. The molecule has 0 spiro atoms. The summed E-state index contributed by atoms with van der Waals surface area (Å²) in [5.74, 6) is 0.858. The van der Waals surface area contributed by atoms with Crippen LogP contribution in [0, 0.1) is 0 Å². The van der Waals surface area contributed by atoms with Gasteiger partial charge >= 0.3 is 0 Å². The number of hydrogen-bond acceptors (Lipinski definition) is 3. The summed E-state index contributed by atoms with van der Waals surface area (Å²) in [5.41, 5.74) is 7.10. The van der Waals surface area contributed by atoms with Crippen molar-refractivity contribution in [3.05, 3.63) is 29.8 Å². The Morgan fingerprint density at radius 2 is 1.81 bits per heavy atom. The molecule has 0 aromatic heterocycles. The van der Waals surface area contributed by atoms with E-state index in [-0.39, 0.29) is 5.54 Å². The number of benzene rings is 1. The van der Waals surface area contributed by atoms with Crippen LogP contribution in [-0.2, 0) is 10.3 Å². The van der Waals surface area contributed by atoms with E-state index in [9.17, 15) is 0 Å². The Labute approximate surface area is 97.6 Å². The van der Waals surface area contributed by atoms with Crippen LogP contribution in [0.4, 0.5) is 0 Å². The predicted octanol–water partition coefficient (Wildman–Crippen LogP) is 2.30. The SMILES string of the molecule is COCCCC(C)(N)c1ccc(OC)cc1. The molecule has 0 bridgehead atoms. The Hall–Kier alpha value is -1.06. The Bertz CT molecular complexity index is 306. The van der Waals surface area contributed by atoms with E-state index in [2.05, 4.69) is 0 Å². The highest BCUT2D eigenvalue weighted by molar-refractivity contribution is 5.31. The molecule has 0 radical (unpaired) electrons. The van der Waals surface area contributed by atoms with Crippen molar-refractivity contribution in [2.24, 2.45) is 5.73 Å². The Morgan fingerprint density at radius 1 is 1.19 bits per heavy atom. The fourth-order valence-corrected chi connectivity index (χ4v) is 1.70. The monoisotopic (exact) mass is 223 g/mol. The molecule has 1 atom stereocenters. The Kier molecular flexibility index (Phi) is 4.77. The summed E-state index contributed by atoms with van der Waals surface area (Å²) in [7, 11) is 3.37. The molecule has 16 heavy (non-hydrogen) atoms. The van der Waals surface area contributed by atoms with Crippen LogP contribution in [0.1, 0.15) is 25.3 Å².